The molecule has 0 spiro atoms. The van der Waals surface area contributed by atoms with E-state index in [2.05, 4.69) is 22.2 Å². The Labute approximate surface area is 92.6 Å². The van der Waals surface area contributed by atoms with Crippen LogP contribution in [0.5, 0.6) is 0 Å². The standard InChI is InChI=1S/C11H23N3O/c1-12-11-2-3-14(10-11)5-4-13-6-8-15-9-7-13/h11-12H,2-10H2,1H3. The molecule has 0 radical (unpaired) electrons. The predicted molar refractivity (Wildman–Crippen MR) is 61.2 cm³/mol. The fourth-order valence-corrected chi connectivity index (χ4v) is 2.38. The Bertz CT molecular complexity index is 183. The maximum atomic E-state index is 5.34. The largest absolute Gasteiger partial charge is 0.379 e. The number of rotatable bonds is 4. The van der Waals surface area contributed by atoms with Crippen LogP contribution in [0.1, 0.15) is 6.42 Å². The van der Waals surface area contributed by atoms with Gasteiger partial charge in [0.15, 0.2) is 0 Å². The molecule has 1 N–H and O–H groups in total. The topological polar surface area (TPSA) is 27.7 Å². The first-order valence-corrected chi connectivity index (χ1v) is 6.08. The summed E-state index contributed by atoms with van der Waals surface area (Å²) < 4.78 is 5.34. The maximum Gasteiger partial charge on any atom is 0.0594 e. The van der Waals surface area contributed by atoms with Gasteiger partial charge in [0.05, 0.1) is 13.2 Å². The third-order valence-electron chi connectivity index (χ3n) is 3.52. The third-order valence-corrected chi connectivity index (χ3v) is 3.52. The van der Waals surface area contributed by atoms with Crippen molar-refractivity contribution >= 4 is 0 Å². The molecule has 1 atom stereocenters. The van der Waals surface area contributed by atoms with Gasteiger partial charge in [0, 0.05) is 38.8 Å². The maximum absolute atomic E-state index is 5.34. The Morgan fingerprint density at radius 3 is 2.53 bits per heavy atom. The van der Waals surface area contributed by atoms with Crippen molar-refractivity contribution in [1.82, 2.24) is 15.1 Å². The highest BCUT2D eigenvalue weighted by Crippen LogP contribution is 2.08. The normalized spacial score (nSPS) is 29.8. The summed E-state index contributed by atoms with van der Waals surface area (Å²) >= 11 is 0. The highest BCUT2D eigenvalue weighted by Gasteiger charge is 2.21. The summed E-state index contributed by atoms with van der Waals surface area (Å²) in [6, 6.07) is 0.717. The van der Waals surface area contributed by atoms with Crippen molar-refractivity contribution in [3.63, 3.8) is 0 Å². The van der Waals surface area contributed by atoms with Crippen LogP contribution in [-0.2, 0) is 4.74 Å². The van der Waals surface area contributed by atoms with Crippen molar-refractivity contribution in [3.05, 3.63) is 0 Å². The molecular formula is C11H23N3O. The van der Waals surface area contributed by atoms with Crippen molar-refractivity contribution in [1.29, 1.82) is 0 Å². The van der Waals surface area contributed by atoms with Crippen LogP contribution < -0.4 is 5.32 Å². The third kappa shape index (κ3) is 3.41. The van der Waals surface area contributed by atoms with Crippen LogP contribution in [0.3, 0.4) is 0 Å². The van der Waals surface area contributed by atoms with Crippen LogP contribution in [0.15, 0.2) is 0 Å². The Morgan fingerprint density at radius 2 is 1.87 bits per heavy atom. The molecule has 2 aliphatic rings. The zero-order valence-corrected chi connectivity index (χ0v) is 9.74. The Balaban J connectivity index is 1.61. The summed E-state index contributed by atoms with van der Waals surface area (Å²) in [6.45, 7) is 8.97. The van der Waals surface area contributed by atoms with Crippen molar-refractivity contribution < 1.29 is 4.74 Å². The van der Waals surface area contributed by atoms with Gasteiger partial charge in [-0.15, -0.1) is 0 Å². The number of ether oxygens (including phenoxy) is 1. The van der Waals surface area contributed by atoms with Gasteiger partial charge in [-0.25, -0.2) is 0 Å². The van der Waals surface area contributed by atoms with Crippen LogP contribution in [0.2, 0.25) is 0 Å². The number of likely N-dealkylation sites (N-methyl/N-ethyl adjacent to an activating group) is 1. The molecule has 0 aliphatic carbocycles. The Morgan fingerprint density at radius 1 is 1.13 bits per heavy atom. The van der Waals surface area contributed by atoms with E-state index in [0.29, 0.717) is 0 Å². The van der Waals surface area contributed by atoms with Gasteiger partial charge in [0.25, 0.3) is 0 Å². The van der Waals surface area contributed by atoms with Crippen molar-refractivity contribution in [3.8, 4) is 0 Å². The van der Waals surface area contributed by atoms with Gasteiger partial charge in [-0.05, 0) is 20.0 Å². The van der Waals surface area contributed by atoms with Crippen LogP contribution in [0, 0.1) is 0 Å². The molecule has 2 fully saturated rings. The second-order valence-electron chi connectivity index (χ2n) is 4.53. The summed E-state index contributed by atoms with van der Waals surface area (Å²) in [7, 11) is 2.07. The van der Waals surface area contributed by atoms with Crippen LogP contribution in [-0.4, -0.2) is 75.4 Å². The molecule has 2 saturated heterocycles. The minimum absolute atomic E-state index is 0.717. The number of likely N-dealkylation sites (tertiary alicyclic amines) is 1. The molecular weight excluding hydrogens is 190 g/mol. The van der Waals surface area contributed by atoms with Gasteiger partial charge in [0.2, 0.25) is 0 Å². The van der Waals surface area contributed by atoms with E-state index < -0.39 is 0 Å². The second kappa shape index (κ2) is 5.80. The van der Waals surface area contributed by atoms with E-state index in [1.54, 1.807) is 0 Å². The summed E-state index contributed by atoms with van der Waals surface area (Å²) in [5.41, 5.74) is 0. The predicted octanol–water partition coefficient (Wildman–Crippen LogP) is -0.388. The molecule has 15 heavy (non-hydrogen) atoms. The molecule has 2 heterocycles. The average molecular weight is 213 g/mol. The van der Waals surface area contributed by atoms with Gasteiger partial charge < -0.3 is 15.0 Å². The zero-order chi connectivity index (χ0) is 10.5. The van der Waals surface area contributed by atoms with Gasteiger partial charge >= 0.3 is 0 Å². The molecule has 1 unspecified atom stereocenters. The zero-order valence-electron chi connectivity index (χ0n) is 9.74. The molecule has 0 amide bonds. The number of nitrogens with zero attached hydrogens (tertiary/aromatic N) is 2. The second-order valence-corrected chi connectivity index (χ2v) is 4.53. The van der Waals surface area contributed by atoms with Gasteiger partial charge in [-0.3, -0.25) is 4.90 Å². The Kier molecular flexibility index (Phi) is 4.38. The van der Waals surface area contributed by atoms with E-state index in [1.807, 2.05) is 0 Å². The molecule has 0 aromatic rings. The number of hydrogen-bond acceptors (Lipinski definition) is 4. The summed E-state index contributed by atoms with van der Waals surface area (Å²) in [5.74, 6) is 0. The lowest BCUT2D eigenvalue weighted by atomic mass is 10.3. The van der Waals surface area contributed by atoms with Crippen molar-refractivity contribution in [2.45, 2.75) is 12.5 Å². The molecule has 0 bridgehead atoms. The quantitative estimate of drug-likeness (QED) is 0.688. The molecule has 88 valence electrons. The molecule has 4 nitrogen and oxygen atoms in total. The summed E-state index contributed by atoms with van der Waals surface area (Å²) in [5, 5.41) is 3.36. The lowest BCUT2D eigenvalue weighted by Crippen LogP contribution is -2.41. The van der Waals surface area contributed by atoms with E-state index in [-0.39, 0.29) is 0 Å². The highest BCUT2D eigenvalue weighted by molar-refractivity contribution is 4.80. The van der Waals surface area contributed by atoms with Crippen LogP contribution in [0.25, 0.3) is 0 Å². The lowest BCUT2D eigenvalue weighted by Gasteiger charge is -2.28. The van der Waals surface area contributed by atoms with Gasteiger partial charge in [-0.1, -0.05) is 0 Å². The fraction of sp³-hybridized carbons (Fsp3) is 1.00. The summed E-state index contributed by atoms with van der Waals surface area (Å²) in [6.07, 6.45) is 1.31. The average Bonchev–Trinajstić information content (AvgIpc) is 2.76. The first-order chi connectivity index (χ1) is 7.38. The van der Waals surface area contributed by atoms with E-state index in [4.69, 9.17) is 4.74 Å². The molecule has 0 aromatic carbocycles. The smallest absolute Gasteiger partial charge is 0.0594 e. The minimum Gasteiger partial charge on any atom is -0.379 e. The minimum atomic E-state index is 0.717. The Hall–Kier alpha value is -0.160. The van der Waals surface area contributed by atoms with Crippen LogP contribution >= 0.6 is 0 Å². The lowest BCUT2D eigenvalue weighted by molar-refractivity contribution is 0.0343. The summed E-state index contributed by atoms with van der Waals surface area (Å²) in [4.78, 5) is 5.08. The fourth-order valence-electron chi connectivity index (χ4n) is 2.38. The van der Waals surface area contributed by atoms with E-state index in [0.717, 1.165) is 32.3 Å². The molecule has 0 aromatic heterocycles. The van der Waals surface area contributed by atoms with E-state index in [9.17, 15) is 0 Å². The van der Waals surface area contributed by atoms with Gasteiger partial charge in [-0.2, -0.15) is 0 Å². The van der Waals surface area contributed by atoms with E-state index in [1.165, 1.54) is 32.6 Å². The van der Waals surface area contributed by atoms with E-state index >= 15 is 0 Å². The molecule has 2 aliphatic heterocycles. The monoisotopic (exact) mass is 213 g/mol. The number of morpholine rings is 1. The number of nitrogens with one attached hydrogen (secondary N) is 1. The first kappa shape index (κ1) is 11.3. The molecule has 2 rings (SSSR count). The van der Waals surface area contributed by atoms with Crippen molar-refractivity contribution in [2.75, 3.05) is 59.5 Å². The number of hydrogen-bond donors (Lipinski definition) is 1. The molecule has 0 saturated carbocycles. The molecule has 4 heteroatoms. The first-order valence-electron chi connectivity index (χ1n) is 6.08. The SMILES string of the molecule is CNC1CCN(CCN2CCOCC2)C1. The van der Waals surface area contributed by atoms with Crippen LogP contribution in [0.4, 0.5) is 0 Å². The van der Waals surface area contributed by atoms with Gasteiger partial charge in [0.1, 0.15) is 0 Å². The highest BCUT2D eigenvalue weighted by atomic mass is 16.5. The van der Waals surface area contributed by atoms with Crippen molar-refractivity contribution in [2.24, 2.45) is 0 Å².